The van der Waals surface area contributed by atoms with Crippen LogP contribution >= 0.6 is 0 Å². The summed E-state index contributed by atoms with van der Waals surface area (Å²) >= 11 is 0. The Bertz CT molecular complexity index is 727. The molecular weight excluding hydrogens is 330 g/mol. The minimum Gasteiger partial charge on any atom is -0.619 e. The molecule has 1 aliphatic rings. The van der Waals surface area contributed by atoms with Gasteiger partial charge in [-0.1, -0.05) is 24.6 Å². The lowest BCUT2D eigenvalue weighted by Gasteiger charge is -2.35. The van der Waals surface area contributed by atoms with Gasteiger partial charge in [0.15, 0.2) is 12.4 Å². The van der Waals surface area contributed by atoms with Gasteiger partial charge in [-0.3, -0.25) is 9.69 Å². The van der Waals surface area contributed by atoms with Gasteiger partial charge >= 0.3 is 0 Å². The van der Waals surface area contributed by atoms with Gasteiger partial charge in [-0.2, -0.15) is 4.73 Å². The summed E-state index contributed by atoms with van der Waals surface area (Å²) < 4.78 is 6.21. The molecule has 1 amide bonds. The number of pyridine rings is 1. The van der Waals surface area contributed by atoms with E-state index in [0.717, 1.165) is 24.4 Å². The van der Waals surface area contributed by atoms with Gasteiger partial charge in [0, 0.05) is 24.2 Å². The Morgan fingerprint density at radius 2 is 1.88 bits per heavy atom. The summed E-state index contributed by atoms with van der Waals surface area (Å²) in [6.07, 6.45) is 6.25. The Balaban J connectivity index is 1.77. The molecule has 0 spiro atoms. The maximum atomic E-state index is 12.5. The van der Waals surface area contributed by atoms with Gasteiger partial charge in [0.2, 0.25) is 0 Å². The maximum Gasteiger partial charge on any atom is 0.251 e. The van der Waals surface area contributed by atoms with E-state index >= 15 is 0 Å². The second-order valence-electron chi connectivity index (χ2n) is 6.51. The van der Waals surface area contributed by atoms with Crippen molar-refractivity contribution in [3.63, 3.8) is 0 Å². The van der Waals surface area contributed by atoms with Crippen LogP contribution in [-0.2, 0) is 0 Å². The van der Waals surface area contributed by atoms with E-state index in [9.17, 15) is 10.0 Å². The maximum absolute atomic E-state index is 12.5. The van der Waals surface area contributed by atoms with Gasteiger partial charge in [0.1, 0.15) is 5.75 Å². The van der Waals surface area contributed by atoms with Gasteiger partial charge in [-0.25, -0.2) is 0 Å². The minimum atomic E-state index is -0.178. The number of hydrogen-bond donors (Lipinski definition) is 1. The number of piperidine rings is 1. The number of aromatic nitrogens is 1. The first kappa shape index (κ1) is 18.2. The van der Waals surface area contributed by atoms with Crippen molar-refractivity contribution in [3.8, 4) is 5.75 Å². The zero-order valence-electron chi connectivity index (χ0n) is 15.1. The predicted octanol–water partition coefficient (Wildman–Crippen LogP) is 2.29. The van der Waals surface area contributed by atoms with Crippen molar-refractivity contribution in [2.75, 3.05) is 26.7 Å². The van der Waals surface area contributed by atoms with E-state index in [1.807, 2.05) is 18.2 Å². The number of methoxy groups -OCH3 is 1. The van der Waals surface area contributed by atoms with E-state index < -0.39 is 0 Å². The molecule has 0 aliphatic carbocycles. The number of likely N-dealkylation sites (tertiary alicyclic amines) is 1. The van der Waals surface area contributed by atoms with Crippen LogP contribution in [-0.4, -0.2) is 37.6 Å². The molecule has 6 heteroatoms. The summed E-state index contributed by atoms with van der Waals surface area (Å²) in [7, 11) is 1.67. The fraction of sp³-hybridized carbons (Fsp3) is 0.400. The summed E-state index contributed by atoms with van der Waals surface area (Å²) in [5, 5.41) is 14.2. The third-order valence-electron chi connectivity index (χ3n) is 4.85. The van der Waals surface area contributed by atoms with Crippen LogP contribution in [0.5, 0.6) is 5.75 Å². The highest BCUT2D eigenvalue weighted by atomic mass is 16.5. The number of nitrogens with one attached hydrogen (secondary N) is 1. The molecular formula is C20H25N3O3. The molecule has 1 atom stereocenters. The molecule has 0 radical (unpaired) electrons. The van der Waals surface area contributed by atoms with E-state index in [2.05, 4.69) is 16.3 Å². The van der Waals surface area contributed by atoms with Crippen molar-refractivity contribution < 1.29 is 14.3 Å². The van der Waals surface area contributed by atoms with Gasteiger partial charge in [0.25, 0.3) is 5.91 Å². The molecule has 1 saturated heterocycles. The van der Waals surface area contributed by atoms with Crippen LogP contribution in [0.15, 0.2) is 48.8 Å². The number of ether oxygens (including phenoxy) is 1. The van der Waals surface area contributed by atoms with Crippen molar-refractivity contribution >= 4 is 5.91 Å². The number of nitrogens with zero attached hydrogens (tertiary/aromatic N) is 2. The van der Waals surface area contributed by atoms with Gasteiger partial charge < -0.3 is 15.3 Å². The largest absolute Gasteiger partial charge is 0.619 e. The number of hydrogen-bond acceptors (Lipinski definition) is 4. The van der Waals surface area contributed by atoms with Gasteiger partial charge in [-0.05, 0) is 32.0 Å². The molecule has 26 heavy (non-hydrogen) atoms. The summed E-state index contributed by atoms with van der Waals surface area (Å²) in [4.78, 5) is 14.9. The van der Waals surface area contributed by atoms with Gasteiger partial charge in [-0.15, -0.1) is 0 Å². The van der Waals surface area contributed by atoms with Crippen LogP contribution < -0.4 is 14.8 Å². The molecule has 1 fully saturated rings. The standard InChI is InChI=1S/C20H25N3O3/c1-26-19-8-4-3-7-17(19)18(22-11-5-2-6-12-22)15-21-20(24)16-9-13-23(25)14-10-16/h3-4,7-10,13-14,18H,2,5-6,11-12,15H2,1H3,(H,21,24). The van der Waals surface area contributed by atoms with Crippen molar-refractivity contribution in [1.29, 1.82) is 0 Å². The summed E-state index contributed by atoms with van der Waals surface area (Å²) in [5.41, 5.74) is 1.57. The van der Waals surface area contributed by atoms with Crippen molar-refractivity contribution in [2.24, 2.45) is 0 Å². The fourth-order valence-corrected chi connectivity index (χ4v) is 3.46. The van der Waals surface area contributed by atoms with Gasteiger partial charge in [0.05, 0.1) is 18.7 Å². The Hall–Kier alpha value is -2.60. The molecule has 1 N–H and O–H groups in total. The van der Waals surface area contributed by atoms with Crippen LogP contribution in [0.1, 0.15) is 41.2 Å². The SMILES string of the molecule is COc1ccccc1C(CNC(=O)c1cc[n+]([O-])cc1)N1CCCCC1. The molecule has 1 aromatic carbocycles. The number of amides is 1. The lowest BCUT2D eigenvalue weighted by Crippen LogP contribution is -2.41. The van der Waals surface area contributed by atoms with E-state index in [4.69, 9.17) is 4.74 Å². The quantitative estimate of drug-likeness (QED) is 0.638. The molecule has 6 nitrogen and oxygen atoms in total. The molecule has 2 heterocycles. The monoisotopic (exact) mass is 355 g/mol. The third kappa shape index (κ3) is 4.32. The van der Waals surface area contributed by atoms with E-state index in [1.54, 1.807) is 7.11 Å². The fourth-order valence-electron chi connectivity index (χ4n) is 3.46. The van der Waals surface area contributed by atoms with Crippen molar-refractivity contribution in [1.82, 2.24) is 10.2 Å². The lowest BCUT2D eigenvalue weighted by atomic mass is 10.0. The number of rotatable bonds is 6. The Morgan fingerprint density at radius 3 is 2.58 bits per heavy atom. The number of para-hydroxylation sites is 1. The first-order valence-electron chi connectivity index (χ1n) is 9.03. The van der Waals surface area contributed by atoms with Crippen molar-refractivity contribution in [2.45, 2.75) is 25.3 Å². The zero-order valence-corrected chi connectivity index (χ0v) is 15.1. The summed E-state index contributed by atoms with van der Waals surface area (Å²) in [6.45, 7) is 2.52. The second-order valence-corrected chi connectivity index (χ2v) is 6.51. The molecule has 3 rings (SSSR count). The van der Waals surface area contributed by atoms with Crippen LogP contribution in [0.3, 0.4) is 0 Å². The topological polar surface area (TPSA) is 68.5 Å². The molecule has 138 valence electrons. The number of benzene rings is 1. The molecule has 0 bridgehead atoms. The summed E-state index contributed by atoms with van der Waals surface area (Å²) in [6, 6.07) is 11.1. The average Bonchev–Trinajstić information content (AvgIpc) is 2.69. The van der Waals surface area contributed by atoms with Crippen LogP contribution in [0.25, 0.3) is 0 Å². The smallest absolute Gasteiger partial charge is 0.251 e. The second kappa shape index (κ2) is 8.67. The van der Waals surface area contributed by atoms with Crippen LogP contribution in [0, 0.1) is 5.21 Å². The average molecular weight is 355 g/mol. The Labute approximate surface area is 154 Å². The molecule has 0 saturated carbocycles. The van der Waals surface area contributed by atoms with E-state index in [-0.39, 0.29) is 11.9 Å². The molecule has 1 aromatic heterocycles. The first-order chi connectivity index (χ1) is 12.7. The van der Waals surface area contributed by atoms with Crippen LogP contribution in [0.2, 0.25) is 0 Å². The minimum absolute atomic E-state index is 0.0588. The highest BCUT2D eigenvalue weighted by Crippen LogP contribution is 2.30. The summed E-state index contributed by atoms with van der Waals surface area (Å²) in [5.74, 6) is 0.659. The van der Waals surface area contributed by atoms with E-state index in [1.165, 1.54) is 43.8 Å². The molecule has 1 unspecified atom stereocenters. The molecule has 2 aromatic rings. The van der Waals surface area contributed by atoms with Crippen molar-refractivity contribution in [3.05, 3.63) is 65.1 Å². The predicted molar refractivity (Wildman–Crippen MR) is 98.9 cm³/mol. The van der Waals surface area contributed by atoms with E-state index in [0.29, 0.717) is 16.8 Å². The highest BCUT2D eigenvalue weighted by Gasteiger charge is 2.25. The lowest BCUT2D eigenvalue weighted by molar-refractivity contribution is -0.605. The zero-order chi connectivity index (χ0) is 18.4. The molecule has 1 aliphatic heterocycles. The highest BCUT2D eigenvalue weighted by molar-refractivity contribution is 5.93. The Kier molecular flexibility index (Phi) is 6.07. The Morgan fingerprint density at radius 1 is 1.19 bits per heavy atom. The number of carbonyl (C=O) groups excluding carboxylic acids is 1. The third-order valence-corrected chi connectivity index (χ3v) is 4.85. The van der Waals surface area contributed by atoms with Crippen LogP contribution in [0.4, 0.5) is 0 Å². The first-order valence-corrected chi connectivity index (χ1v) is 9.03. The normalized spacial score (nSPS) is 16.0. The number of carbonyl (C=O) groups is 1.